The molecule has 1 saturated heterocycles. The van der Waals surface area contributed by atoms with E-state index in [4.69, 9.17) is 0 Å². The Labute approximate surface area is 108 Å². The minimum Gasteiger partial charge on any atom is -0.235 e. The average Bonchev–Trinajstić information content (AvgIpc) is 3.09. The molecule has 1 rings (SSSR count). The maximum absolute atomic E-state index is 3.38. The number of rotatable bonds is 12. The predicted octanol–water partition coefficient (Wildman–Crippen LogP) is 4.51. The van der Waals surface area contributed by atoms with E-state index < -0.39 is 0 Å². The Bertz CT molecular complexity index is 160. The van der Waals surface area contributed by atoms with Crippen molar-refractivity contribution < 1.29 is 0 Å². The van der Waals surface area contributed by atoms with Gasteiger partial charge in [-0.3, -0.25) is 0 Å². The van der Waals surface area contributed by atoms with Gasteiger partial charge in [0.15, 0.2) is 0 Å². The summed E-state index contributed by atoms with van der Waals surface area (Å²) < 4.78 is 0. The lowest BCUT2D eigenvalue weighted by Gasteiger charge is -2.11. The topological polar surface area (TPSA) is 43.9 Å². The summed E-state index contributed by atoms with van der Waals surface area (Å²) in [6.45, 7) is 4.56. The van der Waals surface area contributed by atoms with Crippen molar-refractivity contribution in [3.05, 3.63) is 0 Å². The summed E-state index contributed by atoms with van der Waals surface area (Å²) in [5.74, 6) is 0. The molecule has 2 heteroatoms. The lowest BCUT2D eigenvalue weighted by Crippen LogP contribution is -2.17. The smallest absolute Gasteiger partial charge is 0.0943 e. The Kier molecular flexibility index (Phi) is 7.87. The van der Waals surface area contributed by atoms with Crippen molar-refractivity contribution in [3.63, 3.8) is 0 Å². The molecule has 0 aromatic heterocycles. The van der Waals surface area contributed by atoms with Crippen molar-refractivity contribution in [2.45, 2.75) is 96.6 Å². The third-order valence-electron chi connectivity index (χ3n) is 3.89. The summed E-state index contributed by atoms with van der Waals surface area (Å²) in [7, 11) is 0. The number of hydrogen-bond donors (Lipinski definition) is 2. The SMILES string of the molecule is CCCCCCCC1(CCCCCCC)NN1. The number of hydrazine groups is 1. The van der Waals surface area contributed by atoms with E-state index in [1.807, 2.05) is 0 Å². The van der Waals surface area contributed by atoms with Crippen molar-refractivity contribution in [1.29, 1.82) is 0 Å². The Balaban J connectivity index is 1.92. The van der Waals surface area contributed by atoms with E-state index in [9.17, 15) is 0 Å². The first-order valence-electron chi connectivity index (χ1n) is 7.87. The average molecular weight is 240 g/mol. The highest BCUT2D eigenvalue weighted by Gasteiger charge is 2.39. The number of unbranched alkanes of at least 4 members (excludes halogenated alkanes) is 8. The zero-order valence-corrected chi connectivity index (χ0v) is 12.0. The van der Waals surface area contributed by atoms with Crippen LogP contribution < -0.4 is 10.9 Å². The molecule has 0 bridgehead atoms. The van der Waals surface area contributed by atoms with Gasteiger partial charge in [0.1, 0.15) is 0 Å². The van der Waals surface area contributed by atoms with Crippen LogP contribution in [0.3, 0.4) is 0 Å². The minimum atomic E-state index is 0.346. The summed E-state index contributed by atoms with van der Waals surface area (Å²) in [6.07, 6.45) is 16.6. The van der Waals surface area contributed by atoms with Crippen LogP contribution >= 0.6 is 0 Å². The van der Waals surface area contributed by atoms with Crippen molar-refractivity contribution in [2.75, 3.05) is 0 Å². The van der Waals surface area contributed by atoms with Crippen molar-refractivity contribution in [1.82, 2.24) is 10.9 Å². The van der Waals surface area contributed by atoms with Crippen LogP contribution in [-0.2, 0) is 0 Å². The molecule has 1 aliphatic rings. The van der Waals surface area contributed by atoms with Crippen molar-refractivity contribution in [2.24, 2.45) is 0 Å². The minimum absolute atomic E-state index is 0.346. The zero-order chi connectivity index (χ0) is 12.4. The number of nitrogens with one attached hydrogen (secondary N) is 2. The molecule has 0 aliphatic carbocycles. The fraction of sp³-hybridized carbons (Fsp3) is 1.00. The fourth-order valence-corrected chi connectivity index (χ4v) is 2.52. The van der Waals surface area contributed by atoms with Gasteiger partial charge in [-0.05, 0) is 12.8 Å². The van der Waals surface area contributed by atoms with E-state index in [0.717, 1.165) is 0 Å². The molecule has 0 aromatic carbocycles. The standard InChI is InChI=1S/C15H32N2/c1-3-5-7-9-11-13-15(16-17-15)14-12-10-8-6-4-2/h16-17H,3-14H2,1-2H3. The maximum Gasteiger partial charge on any atom is 0.0943 e. The van der Waals surface area contributed by atoms with E-state index in [2.05, 4.69) is 24.7 Å². The first-order valence-corrected chi connectivity index (χ1v) is 7.87. The van der Waals surface area contributed by atoms with Gasteiger partial charge in [0.25, 0.3) is 0 Å². The molecule has 0 unspecified atom stereocenters. The summed E-state index contributed by atoms with van der Waals surface area (Å²) in [5, 5.41) is 0. The summed E-state index contributed by atoms with van der Waals surface area (Å²) in [4.78, 5) is 0. The van der Waals surface area contributed by atoms with E-state index >= 15 is 0 Å². The van der Waals surface area contributed by atoms with Gasteiger partial charge in [0.05, 0.1) is 5.66 Å². The highest BCUT2D eigenvalue weighted by Crippen LogP contribution is 2.26. The van der Waals surface area contributed by atoms with Crippen LogP contribution in [0.2, 0.25) is 0 Å². The van der Waals surface area contributed by atoms with E-state index in [1.165, 1.54) is 77.0 Å². The van der Waals surface area contributed by atoms with Gasteiger partial charge in [-0.15, -0.1) is 0 Å². The Morgan fingerprint density at radius 2 is 1.00 bits per heavy atom. The second kappa shape index (κ2) is 8.93. The first kappa shape index (κ1) is 15.0. The largest absolute Gasteiger partial charge is 0.235 e. The second-order valence-corrected chi connectivity index (χ2v) is 5.66. The van der Waals surface area contributed by atoms with Gasteiger partial charge in [-0.25, -0.2) is 10.9 Å². The molecular formula is C15H32N2. The molecule has 0 saturated carbocycles. The predicted molar refractivity (Wildman–Crippen MR) is 75.8 cm³/mol. The quantitative estimate of drug-likeness (QED) is 0.389. The molecule has 1 aliphatic heterocycles. The molecular weight excluding hydrogens is 208 g/mol. The summed E-state index contributed by atoms with van der Waals surface area (Å²) >= 11 is 0. The lowest BCUT2D eigenvalue weighted by molar-refractivity contribution is 0.447. The van der Waals surface area contributed by atoms with Crippen LogP contribution in [0.4, 0.5) is 0 Å². The second-order valence-electron chi connectivity index (χ2n) is 5.66. The van der Waals surface area contributed by atoms with Crippen LogP contribution in [0.5, 0.6) is 0 Å². The molecule has 1 fully saturated rings. The van der Waals surface area contributed by atoms with Gasteiger partial charge in [0.2, 0.25) is 0 Å². The fourth-order valence-electron chi connectivity index (χ4n) is 2.52. The Morgan fingerprint density at radius 3 is 1.35 bits per heavy atom. The third kappa shape index (κ3) is 7.05. The van der Waals surface area contributed by atoms with Crippen molar-refractivity contribution in [3.8, 4) is 0 Å². The van der Waals surface area contributed by atoms with Crippen LogP contribution in [0.25, 0.3) is 0 Å². The van der Waals surface area contributed by atoms with E-state index in [1.54, 1.807) is 0 Å². The van der Waals surface area contributed by atoms with Gasteiger partial charge < -0.3 is 0 Å². The maximum atomic E-state index is 3.38. The van der Waals surface area contributed by atoms with Crippen LogP contribution in [-0.4, -0.2) is 5.66 Å². The molecule has 17 heavy (non-hydrogen) atoms. The van der Waals surface area contributed by atoms with Crippen LogP contribution in [0.15, 0.2) is 0 Å². The molecule has 0 amide bonds. The van der Waals surface area contributed by atoms with Crippen LogP contribution in [0, 0.1) is 0 Å². The van der Waals surface area contributed by atoms with Gasteiger partial charge >= 0.3 is 0 Å². The molecule has 2 N–H and O–H groups in total. The molecule has 0 atom stereocenters. The summed E-state index contributed by atoms with van der Waals surface area (Å²) in [6, 6.07) is 0. The molecule has 2 nitrogen and oxygen atoms in total. The Hall–Kier alpha value is -0.0800. The molecule has 1 heterocycles. The van der Waals surface area contributed by atoms with Gasteiger partial charge in [0, 0.05) is 0 Å². The highest BCUT2D eigenvalue weighted by atomic mass is 15.7. The van der Waals surface area contributed by atoms with E-state index in [-0.39, 0.29) is 0 Å². The van der Waals surface area contributed by atoms with Crippen molar-refractivity contribution >= 4 is 0 Å². The lowest BCUT2D eigenvalue weighted by atomic mass is 9.98. The Morgan fingerprint density at radius 1 is 0.588 bits per heavy atom. The monoisotopic (exact) mass is 240 g/mol. The normalized spacial score (nSPS) is 17.3. The van der Waals surface area contributed by atoms with E-state index in [0.29, 0.717) is 5.66 Å². The van der Waals surface area contributed by atoms with Crippen LogP contribution in [0.1, 0.15) is 90.9 Å². The molecule has 0 aromatic rings. The first-order chi connectivity index (χ1) is 8.33. The third-order valence-corrected chi connectivity index (χ3v) is 3.89. The summed E-state index contributed by atoms with van der Waals surface area (Å²) in [5.41, 5.74) is 7.11. The van der Waals surface area contributed by atoms with Gasteiger partial charge in [-0.1, -0.05) is 78.1 Å². The highest BCUT2D eigenvalue weighted by molar-refractivity contribution is 4.93. The molecule has 0 spiro atoms. The van der Waals surface area contributed by atoms with Gasteiger partial charge in [-0.2, -0.15) is 0 Å². The zero-order valence-electron chi connectivity index (χ0n) is 12.0. The molecule has 0 radical (unpaired) electrons. The molecule has 102 valence electrons. The number of hydrogen-bond acceptors (Lipinski definition) is 2.